The quantitative estimate of drug-likeness (QED) is 0.465. The third kappa shape index (κ3) is 5.93. The zero-order valence-electron chi connectivity index (χ0n) is 18.1. The van der Waals surface area contributed by atoms with E-state index in [4.69, 9.17) is 0 Å². The van der Waals surface area contributed by atoms with Gasteiger partial charge in [0.2, 0.25) is 11.0 Å². The molecule has 1 saturated carbocycles. The molecule has 1 aromatic carbocycles. The van der Waals surface area contributed by atoms with E-state index in [1.807, 2.05) is 0 Å². The number of benzene rings is 1. The van der Waals surface area contributed by atoms with Crippen molar-refractivity contribution in [1.29, 1.82) is 0 Å². The van der Waals surface area contributed by atoms with Crippen LogP contribution in [0.2, 0.25) is 0 Å². The van der Waals surface area contributed by atoms with E-state index >= 15 is 0 Å². The summed E-state index contributed by atoms with van der Waals surface area (Å²) in [6.07, 6.45) is 5.98. The Hall–Kier alpha value is -2.86. The normalized spacial score (nSPS) is 14.2. The van der Waals surface area contributed by atoms with E-state index in [-0.39, 0.29) is 23.8 Å². The van der Waals surface area contributed by atoms with Crippen LogP contribution in [0.1, 0.15) is 59.2 Å². The lowest BCUT2D eigenvalue weighted by molar-refractivity contribution is -0.113. The molecule has 0 unspecified atom stereocenters. The fourth-order valence-corrected chi connectivity index (χ4v) is 5.27. The number of anilines is 1. The summed E-state index contributed by atoms with van der Waals surface area (Å²) in [6, 6.07) is 5.76. The van der Waals surface area contributed by atoms with Gasteiger partial charge in [0.1, 0.15) is 10.8 Å². The second-order valence-electron chi connectivity index (χ2n) is 7.74. The second-order valence-corrected chi connectivity index (χ2v) is 9.69. The maximum Gasteiger partial charge on any atom is 0.254 e. The van der Waals surface area contributed by atoms with E-state index < -0.39 is 11.7 Å². The van der Waals surface area contributed by atoms with Gasteiger partial charge < -0.3 is 9.88 Å². The highest BCUT2D eigenvalue weighted by atomic mass is 32.2. The van der Waals surface area contributed by atoms with Gasteiger partial charge in [-0.3, -0.25) is 14.9 Å². The number of nitrogens with one attached hydrogen (secondary N) is 2. The van der Waals surface area contributed by atoms with Gasteiger partial charge in [-0.1, -0.05) is 54.5 Å². The van der Waals surface area contributed by atoms with Gasteiger partial charge >= 0.3 is 0 Å². The molecule has 1 aliphatic carbocycles. The number of carbonyl (C=O) groups excluding carboxylic acids is 2. The number of halogens is 1. The summed E-state index contributed by atoms with van der Waals surface area (Å²) in [5.74, 6) is -0.253. The molecular weight excluding hydrogens is 465 g/mol. The van der Waals surface area contributed by atoms with Crippen molar-refractivity contribution in [2.24, 2.45) is 7.05 Å². The number of thioether (sulfide) groups is 1. The van der Waals surface area contributed by atoms with Gasteiger partial charge in [-0.15, -0.1) is 20.4 Å². The molecule has 0 saturated heterocycles. The van der Waals surface area contributed by atoms with Gasteiger partial charge in [-0.2, -0.15) is 0 Å². The third-order valence-corrected chi connectivity index (χ3v) is 7.45. The molecule has 33 heavy (non-hydrogen) atoms. The van der Waals surface area contributed by atoms with E-state index in [1.54, 1.807) is 17.7 Å². The molecule has 3 aromatic rings. The van der Waals surface area contributed by atoms with Crippen LogP contribution in [0.25, 0.3) is 0 Å². The molecule has 2 N–H and O–H groups in total. The minimum atomic E-state index is -0.587. The van der Waals surface area contributed by atoms with Gasteiger partial charge in [0.05, 0.1) is 17.9 Å². The van der Waals surface area contributed by atoms with Crippen LogP contribution in [0.3, 0.4) is 0 Å². The molecule has 0 radical (unpaired) electrons. The predicted octanol–water partition coefficient (Wildman–Crippen LogP) is 3.51. The minimum absolute atomic E-state index is 0.0331. The highest BCUT2D eigenvalue weighted by Crippen LogP contribution is 2.35. The van der Waals surface area contributed by atoms with E-state index in [9.17, 15) is 14.0 Å². The number of nitrogens with zero attached hydrogens (tertiary/aromatic N) is 5. The lowest BCUT2D eigenvalue weighted by Crippen LogP contribution is -2.25. The summed E-state index contributed by atoms with van der Waals surface area (Å²) in [7, 11) is 1.74. The molecule has 1 aliphatic rings. The van der Waals surface area contributed by atoms with Crippen LogP contribution in [-0.4, -0.2) is 42.5 Å². The number of aromatic nitrogens is 5. The number of amides is 2. The first-order valence-electron chi connectivity index (χ1n) is 10.7. The largest absolute Gasteiger partial charge is 0.345 e. The van der Waals surface area contributed by atoms with Crippen molar-refractivity contribution in [3.8, 4) is 0 Å². The van der Waals surface area contributed by atoms with Crippen molar-refractivity contribution in [3.63, 3.8) is 0 Å². The van der Waals surface area contributed by atoms with Gasteiger partial charge in [0.25, 0.3) is 5.91 Å². The fourth-order valence-electron chi connectivity index (χ4n) is 3.61. The molecule has 2 amide bonds. The standard InChI is InChI=1S/C21H24FN7O2S2/c1-29-16(11-23-18(31)14-9-5-6-10-15(14)22)25-28-21(29)32-12-17(30)24-20-27-26-19(33-20)13-7-3-2-4-8-13/h5-6,9-10,13H,2-4,7-8,11-12H2,1H3,(H,23,31)(H,24,27,30). The molecule has 2 heterocycles. The molecule has 1 fully saturated rings. The average molecular weight is 490 g/mol. The van der Waals surface area contributed by atoms with Crippen LogP contribution in [-0.2, 0) is 18.4 Å². The SMILES string of the molecule is Cn1c(CNC(=O)c2ccccc2F)nnc1SCC(=O)Nc1nnc(C2CCCCC2)s1. The molecule has 0 bridgehead atoms. The van der Waals surface area contributed by atoms with Gasteiger partial charge in [0.15, 0.2) is 11.0 Å². The summed E-state index contributed by atoms with van der Waals surface area (Å²) < 4.78 is 15.4. The smallest absolute Gasteiger partial charge is 0.254 e. The Morgan fingerprint density at radius 1 is 1.15 bits per heavy atom. The van der Waals surface area contributed by atoms with Crippen molar-refractivity contribution < 1.29 is 14.0 Å². The van der Waals surface area contributed by atoms with Crippen LogP contribution in [0, 0.1) is 5.82 Å². The lowest BCUT2D eigenvalue weighted by atomic mass is 9.90. The van der Waals surface area contributed by atoms with E-state index in [2.05, 4.69) is 31.0 Å². The van der Waals surface area contributed by atoms with Crippen molar-refractivity contribution in [3.05, 3.63) is 46.5 Å². The number of rotatable bonds is 8. The van der Waals surface area contributed by atoms with Crippen LogP contribution < -0.4 is 10.6 Å². The summed E-state index contributed by atoms with van der Waals surface area (Å²) in [4.78, 5) is 24.5. The van der Waals surface area contributed by atoms with Crippen LogP contribution >= 0.6 is 23.1 Å². The molecule has 9 nitrogen and oxygen atoms in total. The van der Waals surface area contributed by atoms with Crippen molar-refractivity contribution in [2.75, 3.05) is 11.1 Å². The van der Waals surface area contributed by atoms with Crippen LogP contribution in [0.5, 0.6) is 0 Å². The zero-order valence-corrected chi connectivity index (χ0v) is 19.7. The molecule has 0 aliphatic heterocycles. The Morgan fingerprint density at radius 2 is 1.94 bits per heavy atom. The first-order valence-corrected chi connectivity index (χ1v) is 12.5. The van der Waals surface area contributed by atoms with Crippen molar-refractivity contribution >= 4 is 40.0 Å². The zero-order chi connectivity index (χ0) is 23.2. The number of hydrogen-bond acceptors (Lipinski definition) is 8. The molecule has 4 rings (SSSR count). The predicted molar refractivity (Wildman–Crippen MR) is 124 cm³/mol. The number of carbonyl (C=O) groups is 2. The Bertz CT molecular complexity index is 1130. The summed E-state index contributed by atoms with van der Waals surface area (Å²) in [6.45, 7) is 0.0815. The maximum absolute atomic E-state index is 13.7. The van der Waals surface area contributed by atoms with E-state index in [0.29, 0.717) is 22.0 Å². The molecule has 0 atom stereocenters. The molecule has 2 aromatic heterocycles. The summed E-state index contributed by atoms with van der Waals surface area (Å²) in [5, 5.41) is 23.9. The van der Waals surface area contributed by atoms with Crippen LogP contribution in [0.4, 0.5) is 9.52 Å². The minimum Gasteiger partial charge on any atom is -0.345 e. The first-order chi connectivity index (χ1) is 16.0. The summed E-state index contributed by atoms with van der Waals surface area (Å²) in [5.41, 5.74) is -0.0331. The Labute approximate surface area is 198 Å². The first kappa shape index (κ1) is 23.3. The molecule has 0 spiro atoms. The van der Waals surface area contributed by atoms with Crippen molar-refractivity contribution in [2.45, 2.75) is 49.7 Å². The molecule has 174 valence electrons. The Morgan fingerprint density at radius 3 is 2.73 bits per heavy atom. The van der Waals surface area contributed by atoms with Gasteiger partial charge in [-0.25, -0.2) is 4.39 Å². The van der Waals surface area contributed by atoms with E-state index in [1.165, 1.54) is 60.6 Å². The summed E-state index contributed by atoms with van der Waals surface area (Å²) >= 11 is 2.67. The van der Waals surface area contributed by atoms with Crippen molar-refractivity contribution in [1.82, 2.24) is 30.3 Å². The highest BCUT2D eigenvalue weighted by Gasteiger charge is 2.20. The van der Waals surface area contributed by atoms with Crippen LogP contribution in [0.15, 0.2) is 29.4 Å². The fraction of sp³-hybridized carbons (Fsp3) is 0.429. The Kier molecular flexibility index (Phi) is 7.65. The topological polar surface area (TPSA) is 115 Å². The highest BCUT2D eigenvalue weighted by molar-refractivity contribution is 7.99. The molecular formula is C21H24FN7O2S2. The average Bonchev–Trinajstić information content (AvgIpc) is 3.43. The monoisotopic (exact) mass is 489 g/mol. The maximum atomic E-state index is 13.7. The van der Waals surface area contributed by atoms with Gasteiger partial charge in [0, 0.05) is 13.0 Å². The Balaban J connectivity index is 1.26. The second kappa shape index (κ2) is 10.8. The molecule has 12 heteroatoms. The number of hydrogen-bond donors (Lipinski definition) is 2. The van der Waals surface area contributed by atoms with E-state index in [0.717, 1.165) is 17.8 Å². The third-order valence-electron chi connectivity index (χ3n) is 5.42. The lowest BCUT2D eigenvalue weighted by Gasteiger charge is -2.18. The van der Waals surface area contributed by atoms with Gasteiger partial charge in [-0.05, 0) is 25.0 Å².